The summed E-state index contributed by atoms with van der Waals surface area (Å²) in [6, 6.07) is 0. The second kappa shape index (κ2) is 13.2. The average molecular weight is 563 g/mol. The van der Waals surface area contributed by atoms with Crippen LogP contribution >= 0.6 is 11.3 Å². The molecule has 2 unspecified atom stereocenters. The molecule has 7 atom stereocenters. The minimum absolute atomic E-state index is 0.0808. The van der Waals surface area contributed by atoms with Gasteiger partial charge < -0.3 is 14.9 Å². The van der Waals surface area contributed by atoms with Crippen molar-refractivity contribution in [2.75, 3.05) is 13.6 Å². The van der Waals surface area contributed by atoms with E-state index in [1.165, 1.54) is 5.57 Å². The molecule has 0 saturated carbocycles. The van der Waals surface area contributed by atoms with Crippen LogP contribution in [0.25, 0.3) is 6.08 Å². The SMILES string of the molecule is C/C1=C/C[C@@H](/C(C)=C/c2csc(C)n2)OC(=O)C[C@H](O)C(C)(C)C(=O)[C@H](C)[C@@H](O)[C@@H](C)CC2ON(C)CC2C1. The lowest BCUT2D eigenvalue weighted by atomic mass is 9.72. The number of hydroxylamine groups is 2. The van der Waals surface area contributed by atoms with Crippen molar-refractivity contribution in [3.8, 4) is 0 Å². The number of aliphatic hydroxyl groups excluding tert-OH is 2. The van der Waals surface area contributed by atoms with Crippen LogP contribution in [0.1, 0.15) is 77.9 Å². The summed E-state index contributed by atoms with van der Waals surface area (Å²) >= 11 is 1.56. The molecular weight excluding hydrogens is 516 g/mol. The maximum absolute atomic E-state index is 13.5. The lowest BCUT2D eigenvalue weighted by Crippen LogP contribution is -2.46. The van der Waals surface area contributed by atoms with Crippen LogP contribution in [0.5, 0.6) is 0 Å². The van der Waals surface area contributed by atoms with E-state index in [1.807, 2.05) is 44.3 Å². The number of aryl methyl sites for hydroxylation is 1. The van der Waals surface area contributed by atoms with Crippen molar-refractivity contribution in [2.24, 2.45) is 23.2 Å². The number of aliphatic hydroxyl groups is 2. The number of thiazole rings is 1. The summed E-state index contributed by atoms with van der Waals surface area (Å²) in [6.45, 7) is 13.6. The van der Waals surface area contributed by atoms with Crippen molar-refractivity contribution in [3.05, 3.63) is 33.3 Å². The Morgan fingerprint density at radius 2 is 1.90 bits per heavy atom. The van der Waals surface area contributed by atoms with E-state index in [9.17, 15) is 19.8 Å². The highest BCUT2D eigenvalue weighted by molar-refractivity contribution is 7.09. The van der Waals surface area contributed by atoms with Crippen LogP contribution in [-0.4, -0.2) is 70.0 Å². The summed E-state index contributed by atoms with van der Waals surface area (Å²) in [6.07, 6.45) is 2.87. The molecule has 9 heteroatoms. The summed E-state index contributed by atoms with van der Waals surface area (Å²) < 4.78 is 5.90. The summed E-state index contributed by atoms with van der Waals surface area (Å²) in [7, 11) is 1.92. The molecule has 0 bridgehead atoms. The third kappa shape index (κ3) is 8.07. The number of rotatable bonds is 2. The average Bonchev–Trinajstić information content (AvgIpc) is 3.42. The van der Waals surface area contributed by atoms with Gasteiger partial charge in [0.2, 0.25) is 0 Å². The van der Waals surface area contributed by atoms with Gasteiger partial charge in [0, 0.05) is 37.2 Å². The standard InChI is InChI=1S/C30H46N2O6S/c1-17-9-10-24(18(2)12-23-16-39-21(5)31-23)37-27(34)14-26(33)30(6,7)29(36)20(4)28(35)19(3)13-25-22(11-17)15-32(8)38-25/h9,12,16,19-20,22,24-26,28,33,35H,10-11,13-15H2,1-8H3/b17-9-,18-12+/t19-,20+,22?,24-,25?,26-,28-/m0/s1. The van der Waals surface area contributed by atoms with E-state index >= 15 is 0 Å². The lowest BCUT2D eigenvalue weighted by molar-refractivity contribution is -0.154. The zero-order valence-corrected chi connectivity index (χ0v) is 25.5. The number of ketones is 1. The van der Waals surface area contributed by atoms with Gasteiger partial charge in [-0.15, -0.1) is 11.3 Å². The molecule has 2 aliphatic rings. The Hall–Kier alpha value is -1.91. The molecule has 3 heterocycles. The summed E-state index contributed by atoms with van der Waals surface area (Å²) in [5, 5.41) is 26.9. The van der Waals surface area contributed by atoms with Crippen molar-refractivity contribution in [3.63, 3.8) is 0 Å². The first-order valence-electron chi connectivity index (χ1n) is 13.9. The first kappa shape index (κ1) is 31.6. The normalized spacial score (nSPS) is 35.6. The Morgan fingerprint density at radius 3 is 2.54 bits per heavy atom. The number of hydrogen-bond donors (Lipinski definition) is 2. The molecule has 1 saturated heterocycles. The van der Waals surface area contributed by atoms with E-state index in [0.29, 0.717) is 12.8 Å². The molecule has 8 nitrogen and oxygen atoms in total. The van der Waals surface area contributed by atoms with Crippen LogP contribution < -0.4 is 0 Å². The van der Waals surface area contributed by atoms with Crippen LogP contribution in [0.15, 0.2) is 22.6 Å². The molecule has 39 heavy (non-hydrogen) atoms. The van der Waals surface area contributed by atoms with Crippen molar-refractivity contribution >= 4 is 29.2 Å². The molecule has 218 valence electrons. The van der Waals surface area contributed by atoms with Crippen LogP contribution in [0.3, 0.4) is 0 Å². The van der Waals surface area contributed by atoms with Gasteiger partial charge in [-0.1, -0.05) is 39.3 Å². The smallest absolute Gasteiger partial charge is 0.309 e. The van der Waals surface area contributed by atoms with Crippen molar-refractivity contribution in [1.29, 1.82) is 0 Å². The molecule has 0 spiro atoms. The van der Waals surface area contributed by atoms with Gasteiger partial charge in [-0.05, 0) is 51.2 Å². The number of carbonyl (C=O) groups is 2. The quantitative estimate of drug-likeness (QED) is 0.393. The molecule has 0 aliphatic carbocycles. The number of carbonyl (C=O) groups excluding carboxylic acids is 2. The minimum Gasteiger partial charge on any atom is -0.457 e. The zero-order valence-electron chi connectivity index (χ0n) is 24.6. The molecule has 0 radical (unpaired) electrons. The lowest BCUT2D eigenvalue weighted by Gasteiger charge is -2.35. The number of esters is 1. The highest BCUT2D eigenvalue weighted by atomic mass is 32.1. The van der Waals surface area contributed by atoms with Crippen molar-refractivity contribution in [1.82, 2.24) is 10.0 Å². The molecular formula is C30H46N2O6S. The van der Waals surface area contributed by atoms with E-state index in [0.717, 1.165) is 29.2 Å². The fourth-order valence-corrected chi connectivity index (χ4v) is 6.24. The number of allylic oxidation sites excluding steroid dienone is 1. The number of Topliss-reactive ketones (excluding diaryl/α,β-unsaturated/α-hetero) is 1. The van der Waals surface area contributed by atoms with Crippen molar-refractivity contribution < 1.29 is 29.4 Å². The number of fused-ring (bicyclic) bond motifs is 1. The third-order valence-electron chi connectivity index (χ3n) is 8.33. The Morgan fingerprint density at radius 1 is 1.21 bits per heavy atom. The van der Waals surface area contributed by atoms with Gasteiger partial charge in [-0.25, -0.2) is 4.98 Å². The number of ether oxygens (including phenoxy) is 1. The maximum Gasteiger partial charge on any atom is 0.309 e. The Balaban J connectivity index is 1.94. The first-order valence-corrected chi connectivity index (χ1v) is 14.8. The van der Waals surface area contributed by atoms with Crippen LogP contribution in [0, 0.1) is 30.1 Å². The molecule has 0 amide bonds. The number of aromatic nitrogens is 1. The predicted molar refractivity (Wildman–Crippen MR) is 153 cm³/mol. The van der Waals surface area contributed by atoms with Crippen LogP contribution in [-0.2, 0) is 19.2 Å². The third-order valence-corrected chi connectivity index (χ3v) is 9.12. The Bertz CT molecular complexity index is 1080. The number of cyclic esters (lactones) is 1. The Labute approximate surface area is 237 Å². The number of hydrogen-bond acceptors (Lipinski definition) is 9. The summed E-state index contributed by atoms with van der Waals surface area (Å²) in [4.78, 5) is 37.1. The van der Waals surface area contributed by atoms with Gasteiger partial charge in [0.15, 0.2) is 0 Å². The zero-order chi connectivity index (χ0) is 29.1. The molecule has 3 rings (SSSR count). The largest absolute Gasteiger partial charge is 0.457 e. The van der Waals surface area contributed by atoms with Gasteiger partial charge in [0.05, 0.1) is 40.8 Å². The second-order valence-electron chi connectivity index (χ2n) is 12.2. The van der Waals surface area contributed by atoms with Gasteiger partial charge >= 0.3 is 5.97 Å². The molecule has 1 aromatic rings. The van der Waals surface area contributed by atoms with E-state index in [4.69, 9.17) is 9.57 Å². The second-order valence-corrected chi connectivity index (χ2v) is 13.2. The number of nitrogens with zero attached hydrogens (tertiary/aromatic N) is 2. The molecule has 2 N–H and O–H groups in total. The van der Waals surface area contributed by atoms with E-state index < -0.39 is 35.6 Å². The Kier molecular flexibility index (Phi) is 10.7. The fourth-order valence-electron chi connectivity index (χ4n) is 5.67. The van der Waals surface area contributed by atoms with E-state index in [1.54, 1.807) is 32.1 Å². The monoisotopic (exact) mass is 562 g/mol. The van der Waals surface area contributed by atoms with Gasteiger partial charge in [0.1, 0.15) is 11.9 Å². The summed E-state index contributed by atoms with van der Waals surface area (Å²) in [5.41, 5.74) is 1.60. The van der Waals surface area contributed by atoms with Gasteiger partial charge in [-0.2, -0.15) is 5.06 Å². The highest BCUT2D eigenvalue weighted by Crippen LogP contribution is 2.35. The molecule has 0 aromatic carbocycles. The molecule has 2 aliphatic heterocycles. The highest BCUT2D eigenvalue weighted by Gasteiger charge is 2.43. The van der Waals surface area contributed by atoms with Crippen LogP contribution in [0.2, 0.25) is 0 Å². The fraction of sp³-hybridized carbons (Fsp3) is 0.700. The predicted octanol–water partition coefficient (Wildman–Crippen LogP) is 4.74. The van der Waals surface area contributed by atoms with Crippen LogP contribution in [0.4, 0.5) is 0 Å². The molecule has 1 fully saturated rings. The van der Waals surface area contributed by atoms with Gasteiger partial charge in [0.25, 0.3) is 0 Å². The van der Waals surface area contributed by atoms with Crippen molar-refractivity contribution in [2.45, 2.75) is 98.6 Å². The molecule has 1 aromatic heterocycles. The minimum atomic E-state index is -1.25. The topological polar surface area (TPSA) is 109 Å². The van der Waals surface area contributed by atoms with Gasteiger partial charge in [-0.3, -0.25) is 14.4 Å². The summed E-state index contributed by atoms with van der Waals surface area (Å²) in [5.74, 6) is -1.52. The van der Waals surface area contributed by atoms with E-state index in [2.05, 4.69) is 18.0 Å². The van der Waals surface area contributed by atoms with E-state index in [-0.39, 0.29) is 30.1 Å². The first-order chi connectivity index (χ1) is 18.2. The maximum atomic E-state index is 13.5.